The van der Waals surface area contributed by atoms with Crippen molar-refractivity contribution in [2.75, 3.05) is 0 Å². The summed E-state index contributed by atoms with van der Waals surface area (Å²) < 4.78 is 0. The van der Waals surface area contributed by atoms with Gasteiger partial charge in [-0.25, -0.2) is 0 Å². The number of fused-ring (bicyclic) bond motifs is 1. The van der Waals surface area contributed by atoms with E-state index in [1.165, 1.54) is 29.7 Å². The molecule has 0 fully saturated rings. The van der Waals surface area contributed by atoms with Crippen molar-refractivity contribution in [2.45, 2.75) is 52.5 Å². The third-order valence-corrected chi connectivity index (χ3v) is 5.63. The zero-order chi connectivity index (χ0) is 16.4. The van der Waals surface area contributed by atoms with Crippen LogP contribution in [0.15, 0.2) is 16.9 Å². The van der Waals surface area contributed by atoms with E-state index in [2.05, 4.69) is 10.3 Å². The van der Waals surface area contributed by atoms with Gasteiger partial charge in [-0.05, 0) is 62.8 Å². The molecule has 0 saturated carbocycles. The van der Waals surface area contributed by atoms with Crippen molar-refractivity contribution in [3.8, 4) is 0 Å². The Morgan fingerprint density at radius 1 is 1.22 bits per heavy atom. The second kappa shape index (κ2) is 6.71. The molecule has 0 aromatic carbocycles. The third kappa shape index (κ3) is 3.55. The lowest BCUT2D eigenvalue weighted by atomic mass is 10.1. The molecule has 0 aliphatic heterocycles. The molecule has 0 bridgehead atoms. The monoisotopic (exact) mass is 330 g/mol. The fourth-order valence-corrected chi connectivity index (χ4v) is 4.31. The Morgan fingerprint density at radius 2 is 2.00 bits per heavy atom. The number of carbonyl (C=O) groups excluding carboxylic acids is 1. The molecule has 0 unspecified atom stereocenters. The highest BCUT2D eigenvalue weighted by Gasteiger charge is 2.17. The number of pyridine rings is 1. The summed E-state index contributed by atoms with van der Waals surface area (Å²) in [6.45, 7) is 4.02. The van der Waals surface area contributed by atoms with Gasteiger partial charge in [-0.2, -0.15) is 0 Å². The van der Waals surface area contributed by atoms with Crippen molar-refractivity contribution in [3.05, 3.63) is 54.6 Å². The maximum atomic E-state index is 12.4. The van der Waals surface area contributed by atoms with Gasteiger partial charge in [-0.3, -0.25) is 9.59 Å². The van der Waals surface area contributed by atoms with Crippen molar-refractivity contribution >= 4 is 17.2 Å². The predicted molar refractivity (Wildman–Crippen MR) is 93.3 cm³/mol. The van der Waals surface area contributed by atoms with Crippen LogP contribution in [0.3, 0.4) is 0 Å². The molecule has 0 saturated heterocycles. The molecule has 5 heteroatoms. The highest BCUT2D eigenvalue weighted by molar-refractivity contribution is 7.14. The molecular formula is C18H22N2O2S. The number of aromatic nitrogens is 1. The number of hydrogen-bond acceptors (Lipinski definition) is 3. The zero-order valence-corrected chi connectivity index (χ0v) is 14.4. The van der Waals surface area contributed by atoms with Crippen molar-refractivity contribution in [1.82, 2.24) is 10.3 Å². The summed E-state index contributed by atoms with van der Waals surface area (Å²) in [4.78, 5) is 29.3. The number of amides is 1. The average Bonchev–Trinajstić information content (AvgIpc) is 2.77. The quantitative estimate of drug-likeness (QED) is 0.849. The van der Waals surface area contributed by atoms with Crippen LogP contribution in [0, 0.1) is 13.8 Å². The largest absolute Gasteiger partial charge is 0.347 e. The van der Waals surface area contributed by atoms with Crippen molar-refractivity contribution in [3.63, 3.8) is 0 Å². The molecule has 0 atom stereocenters. The van der Waals surface area contributed by atoms with E-state index in [1.807, 2.05) is 26.0 Å². The van der Waals surface area contributed by atoms with Crippen LogP contribution in [0.4, 0.5) is 0 Å². The summed E-state index contributed by atoms with van der Waals surface area (Å²) in [5.41, 5.74) is 3.59. The summed E-state index contributed by atoms with van der Waals surface area (Å²) in [5, 5.41) is 2.89. The summed E-state index contributed by atoms with van der Waals surface area (Å²) in [6, 6.07) is 3.96. The van der Waals surface area contributed by atoms with Gasteiger partial charge in [0.2, 0.25) is 0 Å². The lowest BCUT2D eigenvalue weighted by Crippen LogP contribution is -2.27. The Balaban J connectivity index is 1.72. The number of nitrogens with one attached hydrogen (secondary N) is 2. The zero-order valence-electron chi connectivity index (χ0n) is 13.6. The van der Waals surface area contributed by atoms with E-state index in [1.54, 1.807) is 11.3 Å². The van der Waals surface area contributed by atoms with Gasteiger partial charge in [0.05, 0.1) is 4.88 Å². The van der Waals surface area contributed by atoms with E-state index in [0.29, 0.717) is 5.56 Å². The van der Waals surface area contributed by atoms with Crippen LogP contribution in [0.5, 0.6) is 0 Å². The highest BCUT2D eigenvalue weighted by Crippen LogP contribution is 2.28. The van der Waals surface area contributed by atoms with Crippen molar-refractivity contribution in [1.29, 1.82) is 0 Å². The number of hydrogen-bond donors (Lipinski definition) is 2. The van der Waals surface area contributed by atoms with Gasteiger partial charge < -0.3 is 10.3 Å². The minimum absolute atomic E-state index is 0.0811. The first-order valence-corrected chi connectivity index (χ1v) is 8.95. The first-order chi connectivity index (χ1) is 11.0. The van der Waals surface area contributed by atoms with Gasteiger partial charge in [0.25, 0.3) is 11.5 Å². The van der Waals surface area contributed by atoms with Crippen LogP contribution < -0.4 is 10.9 Å². The first-order valence-electron chi connectivity index (χ1n) is 8.14. The van der Waals surface area contributed by atoms with Crippen molar-refractivity contribution < 1.29 is 4.79 Å². The maximum Gasteiger partial charge on any atom is 0.261 e. The van der Waals surface area contributed by atoms with E-state index in [9.17, 15) is 9.59 Å². The lowest BCUT2D eigenvalue weighted by Gasteiger charge is -2.07. The minimum atomic E-state index is -0.121. The predicted octanol–water partition coefficient (Wildman–Crippen LogP) is 3.25. The molecule has 23 heavy (non-hydrogen) atoms. The van der Waals surface area contributed by atoms with Gasteiger partial charge in [0.1, 0.15) is 0 Å². The van der Waals surface area contributed by atoms with E-state index >= 15 is 0 Å². The number of rotatable bonds is 3. The SMILES string of the molecule is Cc1cc(C)c(CNC(=O)c2cc3c(s2)CCCCC3)c(=O)[nH]1. The minimum Gasteiger partial charge on any atom is -0.347 e. The summed E-state index contributed by atoms with van der Waals surface area (Å²) >= 11 is 1.60. The second-order valence-corrected chi connectivity index (χ2v) is 7.38. The lowest BCUT2D eigenvalue weighted by molar-refractivity contribution is 0.0954. The molecule has 0 spiro atoms. The Kier molecular flexibility index (Phi) is 4.66. The molecule has 2 heterocycles. The Morgan fingerprint density at radius 3 is 2.78 bits per heavy atom. The van der Waals surface area contributed by atoms with E-state index < -0.39 is 0 Å². The standard InChI is InChI=1S/C18H22N2O2S/c1-11-8-12(2)20-17(21)14(11)10-19-18(22)16-9-13-6-4-3-5-7-15(13)23-16/h8-9H,3-7,10H2,1-2H3,(H,19,22)(H,20,21). The number of carbonyl (C=O) groups is 1. The summed E-state index contributed by atoms with van der Waals surface area (Å²) in [7, 11) is 0. The smallest absolute Gasteiger partial charge is 0.261 e. The van der Waals surface area contributed by atoms with Crippen LogP contribution in [0.1, 0.15) is 56.2 Å². The van der Waals surface area contributed by atoms with E-state index in [4.69, 9.17) is 0 Å². The van der Waals surface area contributed by atoms with Crippen LogP contribution in [-0.4, -0.2) is 10.9 Å². The fraction of sp³-hybridized carbons (Fsp3) is 0.444. The molecule has 4 nitrogen and oxygen atoms in total. The summed E-state index contributed by atoms with van der Waals surface area (Å²) in [6.07, 6.45) is 5.87. The normalized spacial score (nSPS) is 14.2. The first kappa shape index (κ1) is 16.0. The Bertz CT molecular complexity index is 765. The molecule has 122 valence electrons. The third-order valence-electron chi connectivity index (χ3n) is 4.39. The topological polar surface area (TPSA) is 62.0 Å². The van der Waals surface area contributed by atoms with Gasteiger partial charge in [0, 0.05) is 22.7 Å². The second-order valence-electron chi connectivity index (χ2n) is 6.25. The number of H-pyrrole nitrogens is 1. The van der Waals surface area contributed by atoms with Gasteiger partial charge in [-0.1, -0.05) is 6.42 Å². The molecule has 1 aliphatic rings. The number of thiophene rings is 1. The molecule has 2 N–H and O–H groups in total. The van der Waals surface area contributed by atoms with Crippen molar-refractivity contribution in [2.24, 2.45) is 0 Å². The van der Waals surface area contributed by atoms with Gasteiger partial charge >= 0.3 is 0 Å². The van der Waals surface area contributed by atoms with Crippen LogP contribution in [0.25, 0.3) is 0 Å². The molecule has 3 rings (SSSR count). The molecule has 0 radical (unpaired) electrons. The molecule has 2 aromatic heterocycles. The van der Waals surface area contributed by atoms with Gasteiger partial charge in [-0.15, -0.1) is 11.3 Å². The average molecular weight is 330 g/mol. The molecule has 1 aliphatic carbocycles. The molecule has 2 aromatic rings. The summed E-state index contributed by atoms with van der Waals surface area (Å²) in [5.74, 6) is -0.0811. The fourth-order valence-electron chi connectivity index (χ4n) is 3.14. The van der Waals surface area contributed by atoms with Crippen LogP contribution >= 0.6 is 11.3 Å². The molecule has 1 amide bonds. The highest BCUT2D eigenvalue weighted by atomic mass is 32.1. The number of aromatic amines is 1. The maximum absolute atomic E-state index is 12.4. The van der Waals surface area contributed by atoms with E-state index in [0.717, 1.165) is 29.0 Å². The molecular weight excluding hydrogens is 308 g/mol. The van der Waals surface area contributed by atoms with Crippen LogP contribution in [0.2, 0.25) is 0 Å². The Hall–Kier alpha value is -1.88. The van der Waals surface area contributed by atoms with E-state index in [-0.39, 0.29) is 18.0 Å². The number of aryl methyl sites for hydroxylation is 4. The Labute approximate surface area is 140 Å². The van der Waals surface area contributed by atoms with Gasteiger partial charge in [0.15, 0.2) is 0 Å². The van der Waals surface area contributed by atoms with Crippen LogP contribution in [-0.2, 0) is 19.4 Å².